The summed E-state index contributed by atoms with van der Waals surface area (Å²) in [4.78, 5) is 22.3. The van der Waals surface area contributed by atoms with Crippen molar-refractivity contribution in [3.8, 4) is 0 Å². The molecule has 5 rings (SSSR count). The first-order valence-corrected chi connectivity index (χ1v) is 8.55. The van der Waals surface area contributed by atoms with Crippen molar-refractivity contribution in [2.75, 3.05) is 0 Å². The third-order valence-electron chi connectivity index (χ3n) is 4.79. The van der Waals surface area contributed by atoms with Crippen molar-refractivity contribution in [1.29, 1.82) is 0 Å². The molecule has 0 spiro atoms. The molecule has 5 nitrogen and oxygen atoms in total. The average Bonchev–Trinajstić information content (AvgIpc) is 3.00. The lowest BCUT2D eigenvalue weighted by atomic mass is 10.1. The number of carbonyl (C=O) groups excluding carboxylic acids is 1. The number of aliphatic imine (C=N–C) groups is 1. The maximum atomic E-state index is 13.3. The highest BCUT2D eigenvalue weighted by Crippen LogP contribution is 2.33. The van der Waals surface area contributed by atoms with Gasteiger partial charge in [0.05, 0.1) is 24.3 Å². The maximum absolute atomic E-state index is 13.3. The number of hydrazine groups is 1. The first-order valence-electron chi connectivity index (χ1n) is 8.55. The number of nitrogens with zero attached hydrogens (tertiary/aromatic N) is 4. The van der Waals surface area contributed by atoms with E-state index in [4.69, 9.17) is 4.99 Å². The molecule has 3 aromatic rings. The number of hydrogen-bond acceptors (Lipinski definition) is 4. The van der Waals surface area contributed by atoms with Gasteiger partial charge in [-0.15, -0.1) is 0 Å². The van der Waals surface area contributed by atoms with E-state index in [0.717, 1.165) is 17.0 Å². The smallest absolute Gasteiger partial charge is 0.267 e. The molecule has 0 aliphatic carbocycles. The van der Waals surface area contributed by atoms with Gasteiger partial charge in [0, 0.05) is 18.0 Å². The standard InChI is InChI=1S/C21H16N4O/c26-21-18-7-3-4-8-19(18)23-20-17-6-2-1-5-16(17)14-24(20)25(21)13-15-9-11-22-12-10-15/h1-12H,13-14H2. The van der Waals surface area contributed by atoms with Gasteiger partial charge in [0.1, 0.15) is 0 Å². The Bertz CT molecular complexity index is 1030. The fourth-order valence-corrected chi connectivity index (χ4v) is 3.50. The Kier molecular flexibility index (Phi) is 3.31. The van der Waals surface area contributed by atoms with Crippen LogP contribution in [0.4, 0.5) is 5.69 Å². The molecule has 0 N–H and O–H groups in total. The lowest BCUT2D eigenvalue weighted by molar-refractivity contribution is 0.0250. The highest BCUT2D eigenvalue weighted by atomic mass is 16.2. The first-order chi connectivity index (χ1) is 12.8. The summed E-state index contributed by atoms with van der Waals surface area (Å²) in [7, 11) is 0. The van der Waals surface area contributed by atoms with Gasteiger partial charge >= 0.3 is 0 Å². The zero-order valence-corrected chi connectivity index (χ0v) is 14.0. The topological polar surface area (TPSA) is 48.8 Å². The number of amidine groups is 1. The summed E-state index contributed by atoms with van der Waals surface area (Å²) in [5.41, 5.74) is 4.63. The zero-order chi connectivity index (χ0) is 17.5. The molecule has 2 aliphatic heterocycles. The van der Waals surface area contributed by atoms with Crippen molar-refractivity contribution in [3.63, 3.8) is 0 Å². The molecule has 0 fully saturated rings. The van der Waals surface area contributed by atoms with Gasteiger partial charge in [-0.05, 0) is 35.4 Å². The summed E-state index contributed by atoms with van der Waals surface area (Å²) < 4.78 is 0. The van der Waals surface area contributed by atoms with Crippen molar-refractivity contribution >= 4 is 17.4 Å². The van der Waals surface area contributed by atoms with Gasteiger partial charge in [-0.3, -0.25) is 14.8 Å². The number of para-hydroxylation sites is 1. The fourth-order valence-electron chi connectivity index (χ4n) is 3.50. The quantitative estimate of drug-likeness (QED) is 0.717. The van der Waals surface area contributed by atoms with Crippen molar-refractivity contribution in [2.24, 2.45) is 4.99 Å². The molecule has 0 atom stereocenters. The largest absolute Gasteiger partial charge is 0.274 e. The molecule has 1 aromatic heterocycles. The Balaban J connectivity index is 1.67. The van der Waals surface area contributed by atoms with Gasteiger partial charge in [-0.2, -0.15) is 0 Å². The summed E-state index contributed by atoms with van der Waals surface area (Å²) in [5, 5.41) is 3.79. The van der Waals surface area contributed by atoms with E-state index in [1.165, 1.54) is 5.56 Å². The summed E-state index contributed by atoms with van der Waals surface area (Å²) in [6.07, 6.45) is 3.50. The third kappa shape index (κ3) is 2.29. The Labute approximate surface area is 151 Å². The van der Waals surface area contributed by atoms with Crippen LogP contribution in [-0.4, -0.2) is 26.7 Å². The molecule has 126 valence electrons. The maximum Gasteiger partial charge on any atom is 0.274 e. The van der Waals surface area contributed by atoms with Crippen LogP contribution < -0.4 is 0 Å². The Morgan fingerprint density at radius 2 is 1.62 bits per heavy atom. The second-order valence-electron chi connectivity index (χ2n) is 6.39. The van der Waals surface area contributed by atoms with E-state index in [1.807, 2.05) is 53.5 Å². The van der Waals surface area contributed by atoms with E-state index in [1.54, 1.807) is 17.4 Å². The van der Waals surface area contributed by atoms with Gasteiger partial charge in [0.2, 0.25) is 0 Å². The SMILES string of the molecule is O=C1c2ccccc2N=C2c3ccccc3CN2N1Cc1ccncc1. The van der Waals surface area contributed by atoms with E-state index in [2.05, 4.69) is 17.1 Å². The molecule has 5 heteroatoms. The van der Waals surface area contributed by atoms with Crippen LogP contribution in [0, 0.1) is 0 Å². The molecule has 0 saturated heterocycles. The zero-order valence-electron chi connectivity index (χ0n) is 14.0. The van der Waals surface area contributed by atoms with Crippen LogP contribution in [0.5, 0.6) is 0 Å². The van der Waals surface area contributed by atoms with Crippen molar-refractivity contribution in [3.05, 3.63) is 95.3 Å². The van der Waals surface area contributed by atoms with Crippen molar-refractivity contribution < 1.29 is 4.79 Å². The van der Waals surface area contributed by atoms with E-state index in [0.29, 0.717) is 24.3 Å². The van der Waals surface area contributed by atoms with E-state index >= 15 is 0 Å². The first kappa shape index (κ1) is 14.8. The van der Waals surface area contributed by atoms with Gasteiger partial charge < -0.3 is 0 Å². The average molecular weight is 340 g/mol. The minimum atomic E-state index is -0.0380. The second-order valence-corrected chi connectivity index (χ2v) is 6.39. The van der Waals surface area contributed by atoms with Crippen LogP contribution in [0.25, 0.3) is 0 Å². The van der Waals surface area contributed by atoms with Gasteiger partial charge in [-0.25, -0.2) is 10.0 Å². The monoisotopic (exact) mass is 340 g/mol. The predicted octanol–water partition coefficient (Wildman–Crippen LogP) is 3.55. The van der Waals surface area contributed by atoms with Gasteiger partial charge in [-0.1, -0.05) is 36.4 Å². The third-order valence-corrected chi connectivity index (χ3v) is 4.79. The minimum absolute atomic E-state index is 0.0380. The predicted molar refractivity (Wildman–Crippen MR) is 98.7 cm³/mol. The Hall–Kier alpha value is -3.47. The lowest BCUT2D eigenvalue weighted by Gasteiger charge is -2.32. The van der Waals surface area contributed by atoms with Gasteiger partial charge in [0.15, 0.2) is 5.84 Å². The summed E-state index contributed by atoms with van der Waals surface area (Å²) in [6, 6.07) is 19.6. The van der Waals surface area contributed by atoms with Crippen LogP contribution in [0.15, 0.2) is 78.0 Å². The number of amides is 1. The van der Waals surface area contributed by atoms with Crippen LogP contribution in [-0.2, 0) is 13.1 Å². The molecule has 3 heterocycles. The molecule has 26 heavy (non-hydrogen) atoms. The molecule has 0 radical (unpaired) electrons. The highest BCUT2D eigenvalue weighted by Gasteiger charge is 2.36. The van der Waals surface area contributed by atoms with Crippen LogP contribution in [0.2, 0.25) is 0 Å². The number of pyridine rings is 1. The summed E-state index contributed by atoms with van der Waals surface area (Å²) in [5.74, 6) is 0.789. The Morgan fingerprint density at radius 3 is 2.46 bits per heavy atom. The van der Waals surface area contributed by atoms with E-state index < -0.39 is 0 Å². The molecule has 0 bridgehead atoms. The molecule has 2 aromatic carbocycles. The van der Waals surface area contributed by atoms with E-state index in [-0.39, 0.29) is 5.91 Å². The molecular weight excluding hydrogens is 324 g/mol. The van der Waals surface area contributed by atoms with E-state index in [9.17, 15) is 4.79 Å². The second kappa shape index (κ2) is 5.81. The summed E-state index contributed by atoms with van der Waals surface area (Å²) >= 11 is 0. The van der Waals surface area contributed by atoms with Gasteiger partial charge in [0.25, 0.3) is 5.91 Å². The molecular formula is C21H16N4O. The number of rotatable bonds is 2. The number of fused-ring (bicyclic) bond motifs is 4. The van der Waals surface area contributed by atoms with Crippen LogP contribution in [0.1, 0.15) is 27.0 Å². The van der Waals surface area contributed by atoms with Crippen molar-refractivity contribution in [1.82, 2.24) is 15.0 Å². The molecule has 0 unspecified atom stereocenters. The normalized spacial score (nSPS) is 15.1. The van der Waals surface area contributed by atoms with Crippen molar-refractivity contribution in [2.45, 2.75) is 13.1 Å². The Morgan fingerprint density at radius 1 is 0.885 bits per heavy atom. The lowest BCUT2D eigenvalue weighted by Crippen LogP contribution is -2.45. The number of benzene rings is 2. The van der Waals surface area contributed by atoms with Crippen LogP contribution in [0.3, 0.4) is 0 Å². The molecule has 2 aliphatic rings. The molecule has 1 amide bonds. The molecule has 0 saturated carbocycles. The number of aromatic nitrogens is 1. The highest BCUT2D eigenvalue weighted by molar-refractivity contribution is 6.09. The fraction of sp³-hybridized carbons (Fsp3) is 0.0952. The minimum Gasteiger partial charge on any atom is -0.267 e. The van der Waals surface area contributed by atoms with Crippen LogP contribution >= 0.6 is 0 Å². The number of hydrogen-bond donors (Lipinski definition) is 0. The number of carbonyl (C=O) groups is 1. The summed E-state index contributed by atoms with van der Waals surface area (Å²) in [6.45, 7) is 1.11.